The van der Waals surface area contributed by atoms with Crippen molar-refractivity contribution < 1.29 is 8.91 Å². The molecular formula is C22H20BrFN4O. The number of hydrogen-bond donors (Lipinski definition) is 0. The predicted octanol–water partition coefficient (Wildman–Crippen LogP) is 4.81. The van der Waals surface area contributed by atoms with Gasteiger partial charge in [0, 0.05) is 18.9 Å². The molecule has 1 aliphatic rings. The first kappa shape index (κ1) is 19.7. The molecule has 1 saturated heterocycles. The molecule has 0 bridgehead atoms. The van der Waals surface area contributed by atoms with Crippen LogP contribution in [0.25, 0.3) is 0 Å². The molecule has 0 atom stereocenters. The van der Waals surface area contributed by atoms with Gasteiger partial charge in [-0.3, -0.25) is 4.90 Å². The zero-order valence-electron chi connectivity index (χ0n) is 15.8. The summed E-state index contributed by atoms with van der Waals surface area (Å²) in [6.45, 7) is 2.72. The van der Waals surface area contributed by atoms with Crippen LogP contribution in [0.1, 0.15) is 47.2 Å². The Morgan fingerprint density at radius 1 is 1.17 bits per heavy atom. The van der Waals surface area contributed by atoms with E-state index in [1.807, 2.05) is 24.3 Å². The number of hydrogen-bond acceptors (Lipinski definition) is 5. The molecule has 7 heteroatoms. The van der Waals surface area contributed by atoms with E-state index in [0.29, 0.717) is 28.2 Å². The van der Waals surface area contributed by atoms with Gasteiger partial charge in [-0.2, -0.15) is 10.2 Å². The first-order chi connectivity index (χ1) is 14.1. The van der Waals surface area contributed by atoms with E-state index in [-0.39, 0.29) is 11.7 Å². The van der Waals surface area contributed by atoms with Gasteiger partial charge in [0.05, 0.1) is 16.1 Å². The monoisotopic (exact) mass is 454 g/mol. The molecule has 0 radical (unpaired) electrons. The quantitative estimate of drug-likeness (QED) is 0.553. The highest BCUT2D eigenvalue weighted by Crippen LogP contribution is 2.28. The van der Waals surface area contributed by atoms with Gasteiger partial charge in [0.25, 0.3) is 0 Å². The molecule has 148 valence electrons. The van der Waals surface area contributed by atoms with Crippen molar-refractivity contribution >= 4 is 15.9 Å². The molecule has 1 aromatic heterocycles. The third-order valence-electron chi connectivity index (χ3n) is 5.23. The number of piperidine rings is 1. The maximum atomic E-state index is 13.7. The second-order valence-corrected chi connectivity index (χ2v) is 8.19. The number of rotatable bonds is 5. The van der Waals surface area contributed by atoms with Crippen LogP contribution in [0, 0.1) is 17.1 Å². The van der Waals surface area contributed by atoms with Crippen LogP contribution in [0.5, 0.6) is 0 Å². The molecular weight excluding hydrogens is 435 g/mol. The van der Waals surface area contributed by atoms with Crippen molar-refractivity contribution in [1.29, 1.82) is 5.26 Å². The van der Waals surface area contributed by atoms with Gasteiger partial charge in [0.1, 0.15) is 5.82 Å². The van der Waals surface area contributed by atoms with Crippen molar-refractivity contribution in [2.75, 3.05) is 13.1 Å². The summed E-state index contributed by atoms with van der Waals surface area (Å²) in [6.07, 6.45) is 2.35. The molecule has 0 saturated carbocycles. The molecule has 4 rings (SSSR count). The van der Waals surface area contributed by atoms with Crippen LogP contribution >= 0.6 is 15.9 Å². The van der Waals surface area contributed by atoms with Gasteiger partial charge in [-0.15, -0.1) is 0 Å². The second-order valence-electron chi connectivity index (χ2n) is 7.34. The van der Waals surface area contributed by atoms with Gasteiger partial charge in [0.15, 0.2) is 5.82 Å². The standard InChI is InChI=1S/C22H20BrFN4O/c23-19-5-4-15(11-20(19)24)12-21-26-22(29-27-21)18-6-8-28(9-7-18)14-17-3-1-2-16(10-17)13-25/h1-5,10-11,18H,6-9,12,14H2. The Morgan fingerprint density at radius 3 is 2.76 bits per heavy atom. The summed E-state index contributed by atoms with van der Waals surface area (Å²) in [5.74, 6) is 1.21. The van der Waals surface area contributed by atoms with Crippen LogP contribution in [0.2, 0.25) is 0 Å². The van der Waals surface area contributed by atoms with Gasteiger partial charge in [-0.05, 0) is 77.3 Å². The number of halogens is 2. The zero-order chi connectivity index (χ0) is 20.2. The molecule has 1 aliphatic heterocycles. The molecule has 2 aromatic carbocycles. The van der Waals surface area contributed by atoms with Gasteiger partial charge in [-0.1, -0.05) is 23.4 Å². The maximum Gasteiger partial charge on any atom is 0.229 e. The van der Waals surface area contributed by atoms with Gasteiger partial charge in [0.2, 0.25) is 5.89 Å². The summed E-state index contributed by atoms with van der Waals surface area (Å²) in [7, 11) is 0. The summed E-state index contributed by atoms with van der Waals surface area (Å²) in [5, 5.41) is 13.1. The average Bonchev–Trinajstić information content (AvgIpc) is 3.20. The molecule has 5 nitrogen and oxygen atoms in total. The Labute approximate surface area is 177 Å². The molecule has 29 heavy (non-hydrogen) atoms. The fourth-order valence-electron chi connectivity index (χ4n) is 3.67. The SMILES string of the molecule is N#Cc1cccc(CN2CCC(c3nc(Cc4ccc(Br)c(F)c4)no3)CC2)c1. The minimum absolute atomic E-state index is 0.250. The van der Waals surface area contributed by atoms with E-state index >= 15 is 0 Å². The van der Waals surface area contributed by atoms with Crippen LogP contribution in [0.3, 0.4) is 0 Å². The maximum absolute atomic E-state index is 13.7. The summed E-state index contributed by atoms with van der Waals surface area (Å²) in [6, 6.07) is 15.0. The first-order valence-corrected chi connectivity index (χ1v) is 10.4. The Bertz CT molecular complexity index is 1040. The highest BCUT2D eigenvalue weighted by molar-refractivity contribution is 9.10. The molecule has 0 amide bonds. The second kappa shape index (κ2) is 8.85. The molecule has 0 unspecified atom stereocenters. The van der Waals surface area contributed by atoms with Crippen LogP contribution in [-0.2, 0) is 13.0 Å². The lowest BCUT2D eigenvalue weighted by molar-refractivity contribution is 0.187. The molecule has 0 spiro atoms. The lowest BCUT2D eigenvalue weighted by Gasteiger charge is -2.30. The Hall–Kier alpha value is -2.56. The van der Waals surface area contributed by atoms with Crippen LogP contribution in [-0.4, -0.2) is 28.1 Å². The van der Waals surface area contributed by atoms with Gasteiger partial charge < -0.3 is 4.52 Å². The fourth-order valence-corrected chi connectivity index (χ4v) is 3.92. The van der Waals surface area contributed by atoms with Gasteiger partial charge >= 0.3 is 0 Å². The molecule has 1 fully saturated rings. The smallest absolute Gasteiger partial charge is 0.229 e. The number of nitriles is 1. The van der Waals surface area contributed by atoms with Crippen molar-refractivity contribution in [3.05, 3.63) is 81.2 Å². The van der Waals surface area contributed by atoms with Crippen LogP contribution in [0.15, 0.2) is 51.5 Å². The van der Waals surface area contributed by atoms with E-state index in [1.165, 1.54) is 6.07 Å². The highest BCUT2D eigenvalue weighted by atomic mass is 79.9. The lowest BCUT2D eigenvalue weighted by atomic mass is 9.96. The first-order valence-electron chi connectivity index (χ1n) is 9.58. The Kier molecular flexibility index (Phi) is 6.02. The Balaban J connectivity index is 1.33. The predicted molar refractivity (Wildman–Crippen MR) is 110 cm³/mol. The average molecular weight is 455 g/mol. The van der Waals surface area contributed by atoms with E-state index < -0.39 is 0 Å². The molecule has 0 N–H and O–H groups in total. The molecule has 3 aromatic rings. The third kappa shape index (κ3) is 4.89. The van der Waals surface area contributed by atoms with E-state index in [4.69, 9.17) is 9.78 Å². The normalized spacial score (nSPS) is 15.3. The Morgan fingerprint density at radius 2 is 2.00 bits per heavy atom. The minimum atomic E-state index is -0.293. The molecule has 0 aliphatic carbocycles. The number of benzene rings is 2. The highest BCUT2D eigenvalue weighted by Gasteiger charge is 2.25. The number of nitrogens with zero attached hydrogens (tertiary/aromatic N) is 4. The van der Waals surface area contributed by atoms with Crippen molar-refractivity contribution in [2.24, 2.45) is 0 Å². The third-order valence-corrected chi connectivity index (χ3v) is 5.87. The lowest BCUT2D eigenvalue weighted by Crippen LogP contribution is -2.32. The van der Waals surface area contributed by atoms with E-state index in [2.05, 4.69) is 43.1 Å². The van der Waals surface area contributed by atoms with Crippen LogP contribution < -0.4 is 0 Å². The van der Waals surface area contributed by atoms with Crippen molar-refractivity contribution in [1.82, 2.24) is 15.0 Å². The fraction of sp³-hybridized carbons (Fsp3) is 0.318. The number of likely N-dealkylation sites (tertiary alicyclic amines) is 1. The van der Waals surface area contributed by atoms with E-state index in [0.717, 1.165) is 43.6 Å². The zero-order valence-corrected chi connectivity index (χ0v) is 17.4. The van der Waals surface area contributed by atoms with Crippen molar-refractivity contribution in [3.63, 3.8) is 0 Å². The summed E-state index contributed by atoms with van der Waals surface area (Å²) in [4.78, 5) is 6.93. The van der Waals surface area contributed by atoms with E-state index in [1.54, 1.807) is 6.07 Å². The summed E-state index contributed by atoms with van der Waals surface area (Å²) in [5.41, 5.74) is 2.67. The summed E-state index contributed by atoms with van der Waals surface area (Å²) < 4.78 is 19.6. The largest absolute Gasteiger partial charge is 0.339 e. The minimum Gasteiger partial charge on any atom is -0.339 e. The van der Waals surface area contributed by atoms with Crippen LogP contribution in [0.4, 0.5) is 4.39 Å². The topological polar surface area (TPSA) is 66.0 Å². The van der Waals surface area contributed by atoms with Crippen molar-refractivity contribution in [3.8, 4) is 6.07 Å². The van der Waals surface area contributed by atoms with E-state index in [9.17, 15) is 4.39 Å². The summed E-state index contributed by atoms with van der Waals surface area (Å²) >= 11 is 3.16. The molecule has 2 heterocycles. The van der Waals surface area contributed by atoms with Gasteiger partial charge in [-0.25, -0.2) is 4.39 Å². The number of aromatic nitrogens is 2. The van der Waals surface area contributed by atoms with Crippen molar-refractivity contribution in [2.45, 2.75) is 31.7 Å².